The summed E-state index contributed by atoms with van der Waals surface area (Å²) in [5.74, 6) is 0. The normalized spacial score (nSPS) is 17.1. The first kappa shape index (κ1) is 9.09. The van der Waals surface area contributed by atoms with Crippen molar-refractivity contribution in [3.8, 4) is 0 Å². The Labute approximate surface area is 84.0 Å². The summed E-state index contributed by atoms with van der Waals surface area (Å²) < 4.78 is 11.1. The van der Waals surface area contributed by atoms with Crippen molar-refractivity contribution in [2.24, 2.45) is 0 Å². The second-order valence-electron chi connectivity index (χ2n) is 3.03. The van der Waals surface area contributed by atoms with Gasteiger partial charge in [0, 0.05) is 17.5 Å². The van der Waals surface area contributed by atoms with E-state index < -0.39 is 10.8 Å². The molecule has 2 rings (SSSR count). The first-order chi connectivity index (χ1) is 6.18. The third kappa shape index (κ3) is 1.60. The van der Waals surface area contributed by atoms with Crippen LogP contribution in [0, 0.1) is 0 Å². The van der Waals surface area contributed by atoms with Crippen LogP contribution < -0.4 is 0 Å². The Balaban J connectivity index is 2.55. The molecule has 0 radical (unpaired) electrons. The maximum absolute atomic E-state index is 11.1. The summed E-state index contributed by atoms with van der Waals surface area (Å²) in [6.07, 6.45) is 4.52. The highest BCUT2D eigenvalue weighted by Crippen LogP contribution is 2.26. The van der Waals surface area contributed by atoms with Crippen molar-refractivity contribution in [1.29, 1.82) is 0 Å². The predicted molar refractivity (Wildman–Crippen MR) is 51.4 cm³/mol. The van der Waals surface area contributed by atoms with Crippen LogP contribution in [-0.4, -0.2) is 20.4 Å². The molecule has 0 amide bonds. The molecule has 0 saturated heterocycles. The monoisotopic (exact) mass is 216 g/mol. The van der Waals surface area contributed by atoms with Gasteiger partial charge in [-0.25, -0.2) is 9.97 Å². The average molecular weight is 217 g/mol. The molecule has 0 spiro atoms. The molecule has 3 nitrogen and oxygen atoms in total. The van der Waals surface area contributed by atoms with E-state index >= 15 is 0 Å². The highest BCUT2D eigenvalue weighted by Gasteiger charge is 2.18. The highest BCUT2D eigenvalue weighted by molar-refractivity contribution is 7.84. The lowest BCUT2D eigenvalue weighted by molar-refractivity contribution is 0.678. The molecule has 0 bridgehead atoms. The number of fused-ring (bicyclic) bond motifs is 1. The van der Waals surface area contributed by atoms with Gasteiger partial charge in [-0.2, -0.15) is 0 Å². The molecule has 13 heavy (non-hydrogen) atoms. The molecule has 70 valence electrons. The molecule has 1 aliphatic carbocycles. The number of nitrogens with zero attached hydrogens (tertiary/aromatic N) is 2. The minimum atomic E-state index is -1.14. The Bertz CT molecular complexity index is 381. The van der Waals surface area contributed by atoms with Crippen molar-refractivity contribution >= 4 is 22.4 Å². The third-order valence-electron chi connectivity index (χ3n) is 2.12. The van der Waals surface area contributed by atoms with Gasteiger partial charge in [0.05, 0.1) is 10.8 Å². The van der Waals surface area contributed by atoms with Crippen LogP contribution >= 0.6 is 11.6 Å². The van der Waals surface area contributed by atoms with Crippen LogP contribution in [0.15, 0.2) is 5.16 Å². The van der Waals surface area contributed by atoms with Crippen molar-refractivity contribution in [2.75, 3.05) is 6.26 Å². The molecule has 5 heteroatoms. The van der Waals surface area contributed by atoms with Gasteiger partial charge in [-0.1, -0.05) is 11.6 Å². The predicted octanol–water partition coefficient (Wildman–Crippen LogP) is 1.36. The van der Waals surface area contributed by atoms with Gasteiger partial charge in [0.15, 0.2) is 0 Å². The van der Waals surface area contributed by atoms with E-state index in [-0.39, 0.29) is 0 Å². The van der Waals surface area contributed by atoms with Crippen LogP contribution in [-0.2, 0) is 23.6 Å². The lowest BCUT2D eigenvalue weighted by Gasteiger charge is -2.02. The van der Waals surface area contributed by atoms with Crippen LogP contribution in [0.25, 0.3) is 0 Å². The largest absolute Gasteiger partial charge is 0.251 e. The molecule has 1 heterocycles. The lowest BCUT2D eigenvalue weighted by Crippen LogP contribution is -2.02. The summed E-state index contributed by atoms with van der Waals surface area (Å²) in [5.41, 5.74) is 2.01. The summed E-state index contributed by atoms with van der Waals surface area (Å²) >= 11 is 5.93. The molecule has 1 aliphatic rings. The van der Waals surface area contributed by atoms with Crippen LogP contribution in [0.1, 0.15) is 17.7 Å². The Morgan fingerprint density at radius 1 is 1.38 bits per heavy atom. The van der Waals surface area contributed by atoms with Crippen LogP contribution in [0.3, 0.4) is 0 Å². The van der Waals surface area contributed by atoms with Crippen molar-refractivity contribution < 1.29 is 4.21 Å². The Hall–Kier alpha value is -0.480. The number of aromatic nitrogens is 2. The standard InChI is InChI=1S/C8H9ClN2OS/c1-13(12)8-10-6-4-2-3-5(6)7(9)11-8/h2-4H2,1H3. The zero-order valence-corrected chi connectivity index (χ0v) is 8.78. The number of hydrogen-bond acceptors (Lipinski definition) is 3. The van der Waals surface area contributed by atoms with Crippen LogP contribution in [0.4, 0.5) is 0 Å². The summed E-state index contributed by atoms with van der Waals surface area (Å²) in [6, 6.07) is 0. The maximum atomic E-state index is 11.1. The SMILES string of the molecule is CS(=O)c1nc(Cl)c2c(n1)CCC2. The van der Waals surface area contributed by atoms with Crippen molar-refractivity contribution in [1.82, 2.24) is 9.97 Å². The fourth-order valence-corrected chi connectivity index (χ4v) is 2.29. The number of rotatable bonds is 1. The Morgan fingerprint density at radius 3 is 2.85 bits per heavy atom. The van der Waals surface area contributed by atoms with Gasteiger partial charge in [0.25, 0.3) is 0 Å². The minimum absolute atomic E-state index is 0.352. The van der Waals surface area contributed by atoms with E-state index in [0.29, 0.717) is 10.3 Å². The molecular weight excluding hydrogens is 208 g/mol. The minimum Gasteiger partial charge on any atom is -0.251 e. The zero-order chi connectivity index (χ0) is 9.42. The van der Waals surface area contributed by atoms with Crippen molar-refractivity contribution in [3.63, 3.8) is 0 Å². The maximum Gasteiger partial charge on any atom is 0.219 e. The van der Waals surface area contributed by atoms with Crippen LogP contribution in [0.5, 0.6) is 0 Å². The van der Waals surface area contributed by atoms with E-state index in [1.54, 1.807) is 6.26 Å². The first-order valence-corrected chi connectivity index (χ1v) is 6.01. The molecule has 0 N–H and O–H groups in total. The summed E-state index contributed by atoms with van der Waals surface area (Å²) in [5, 5.41) is 0.832. The Morgan fingerprint density at radius 2 is 2.15 bits per heavy atom. The van der Waals surface area contributed by atoms with E-state index in [9.17, 15) is 4.21 Å². The van der Waals surface area contributed by atoms with Gasteiger partial charge in [-0.15, -0.1) is 0 Å². The van der Waals surface area contributed by atoms with E-state index in [0.717, 1.165) is 30.5 Å². The molecule has 0 saturated carbocycles. The van der Waals surface area contributed by atoms with E-state index in [1.165, 1.54) is 0 Å². The second-order valence-corrected chi connectivity index (χ2v) is 4.66. The molecular formula is C8H9ClN2OS. The van der Waals surface area contributed by atoms with Crippen LogP contribution in [0.2, 0.25) is 5.15 Å². The average Bonchev–Trinajstić information content (AvgIpc) is 2.51. The molecule has 0 fully saturated rings. The molecule has 1 aromatic rings. The van der Waals surface area contributed by atoms with E-state index in [2.05, 4.69) is 9.97 Å². The van der Waals surface area contributed by atoms with Gasteiger partial charge < -0.3 is 0 Å². The van der Waals surface area contributed by atoms with E-state index in [1.807, 2.05) is 0 Å². The van der Waals surface area contributed by atoms with Crippen molar-refractivity contribution in [3.05, 3.63) is 16.4 Å². The molecule has 1 aromatic heterocycles. The summed E-state index contributed by atoms with van der Waals surface area (Å²) in [4.78, 5) is 8.22. The van der Waals surface area contributed by atoms with Gasteiger partial charge in [-0.3, -0.25) is 4.21 Å². The topological polar surface area (TPSA) is 42.9 Å². The third-order valence-corrected chi connectivity index (χ3v) is 3.13. The highest BCUT2D eigenvalue weighted by atomic mass is 35.5. The fourth-order valence-electron chi connectivity index (χ4n) is 1.49. The first-order valence-electron chi connectivity index (χ1n) is 4.07. The summed E-state index contributed by atoms with van der Waals surface area (Å²) in [6.45, 7) is 0. The fraction of sp³-hybridized carbons (Fsp3) is 0.500. The van der Waals surface area contributed by atoms with Crippen molar-refractivity contribution in [2.45, 2.75) is 24.4 Å². The van der Waals surface area contributed by atoms with Gasteiger partial charge >= 0.3 is 0 Å². The molecule has 0 aromatic carbocycles. The number of halogens is 1. The Kier molecular flexibility index (Phi) is 2.34. The van der Waals surface area contributed by atoms with E-state index in [4.69, 9.17) is 11.6 Å². The molecule has 1 unspecified atom stereocenters. The van der Waals surface area contributed by atoms with Gasteiger partial charge in [-0.05, 0) is 19.3 Å². The zero-order valence-electron chi connectivity index (χ0n) is 7.21. The smallest absolute Gasteiger partial charge is 0.219 e. The lowest BCUT2D eigenvalue weighted by atomic mass is 10.3. The quantitative estimate of drug-likeness (QED) is 0.526. The number of hydrogen-bond donors (Lipinski definition) is 0. The number of aryl methyl sites for hydroxylation is 1. The molecule has 1 atom stereocenters. The second kappa shape index (κ2) is 3.35. The summed E-state index contributed by atoms with van der Waals surface area (Å²) in [7, 11) is -1.14. The molecule has 0 aliphatic heterocycles. The van der Waals surface area contributed by atoms with Gasteiger partial charge in [0.1, 0.15) is 5.15 Å². The van der Waals surface area contributed by atoms with Gasteiger partial charge in [0.2, 0.25) is 5.16 Å².